The first kappa shape index (κ1) is 23.1. The third-order valence-electron chi connectivity index (χ3n) is 5.50. The van der Waals surface area contributed by atoms with E-state index in [0.717, 1.165) is 22.3 Å². The number of rotatable bonds is 8. The highest BCUT2D eigenvalue weighted by Crippen LogP contribution is 2.27. The van der Waals surface area contributed by atoms with Gasteiger partial charge in [-0.05, 0) is 18.1 Å². The Morgan fingerprint density at radius 2 is 1.06 bits per heavy atom. The summed E-state index contributed by atoms with van der Waals surface area (Å²) in [5, 5.41) is 10.6. The van der Waals surface area contributed by atoms with Gasteiger partial charge < -0.3 is 9.84 Å². The molecule has 0 aromatic heterocycles. The lowest BCUT2D eigenvalue weighted by Crippen LogP contribution is -2.34. The van der Waals surface area contributed by atoms with Crippen molar-refractivity contribution in [3.05, 3.63) is 144 Å². The molecule has 4 aromatic carbocycles. The van der Waals surface area contributed by atoms with Crippen molar-refractivity contribution in [2.75, 3.05) is 0 Å². The molecule has 0 radical (unpaired) electrons. The molecule has 0 amide bonds. The van der Waals surface area contributed by atoms with Crippen molar-refractivity contribution in [3.63, 3.8) is 0 Å². The SMILES string of the molecule is C[C@H](O)[C@@H](N=C(c1ccccc1)c1ccccc1)C(=O)OC(c1ccccc1)c1ccccc1. The molecular weight excluding hydrogens is 422 g/mol. The minimum absolute atomic E-state index is 0.586. The first-order valence-electron chi connectivity index (χ1n) is 11.3. The van der Waals surface area contributed by atoms with Crippen LogP contribution in [0.5, 0.6) is 0 Å². The zero-order chi connectivity index (χ0) is 23.8. The van der Waals surface area contributed by atoms with Gasteiger partial charge in [0.2, 0.25) is 0 Å². The Morgan fingerprint density at radius 3 is 1.44 bits per heavy atom. The zero-order valence-corrected chi connectivity index (χ0v) is 19.0. The maximum Gasteiger partial charge on any atom is 0.334 e. The van der Waals surface area contributed by atoms with Gasteiger partial charge in [0.25, 0.3) is 0 Å². The maximum atomic E-state index is 13.5. The number of aliphatic hydroxyl groups is 1. The summed E-state index contributed by atoms with van der Waals surface area (Å²) in [4.78, 5) is 18.2. The molecule has 0 unspecified atom stereocenters. The number of carbonyl (C=O) groups is 1. The van der Waals surface area contributed by atoms with Crippen molar-refractivity contribution in [2.45, 2.75) is 25.2 Å². The fraction of sp³-hybridized carbons (Fsp3) is 0.133. The molecular formula is C30H27NO3. The second-order valence-corrected chi connectivity index (χ2v) is 8.03. The summed E-state index contributed by atoms with van der Waals surface area (Å²) < 4.78 is 6.01. The molecule has 0 saturated heterocycles. The molecule has 2 atom stereocenters. The van der Waals surface area contributed by atoms with Crippen molar-refractivity contribution in [2.24, 2.45) is 4.99 Å². The number of esters is 1. The van der Waals surface area contributed by atoms with Crippen molar-refractivity contribution in [3.8, 4) is 0 Å². The molecule has 4 aromatic rings. The van der Waals surface area contributed by atoms with Crippen LogP contribution in [-0.2, 0) is 9.53 Å². The van der Waals surface area contributed by atoms with Crippen LogP contribution < -0.4 is 0 Å². The number of aliphatic hydroxyl groups excluding tert-OH is 1. The Morgan fingerprint density at radius 1 is 0.676 bits per heavy atom. The lowest BCUT2D eigenvalue weighted by atomic mass is 10.0. The number of hydrogen-bond acceptors (Lipinski definition) is 4. The smallest absolute Gasteiger partial charge is 0.334 e. The molecule has 0 fully saturated rings. The Bertz CT molecular complexity index is 1130. The molecule has 0 aliphatic heterocycles. The molecule has 0 bridgehead atoms. The number of hydrogen-bond donors (Lipinski definition) is 1. The van der Waals surface area contributed by atoms with Gasteiger partial charge in [-0.2, -0.15) is 0 Å². The Balaban J connectivity index is 1.72. The molecule has 4 nitrogen and oxygen atoms in total. The molecule has 0 aliphatic rings. The third-order valence-corrected chi connectivity index (χ3v) is 5.50. The van der Waals surface area contributed by atoms with Crippen LogP contribution in [0.3, 0.4) is 0 Å². The van der Waals surface area contributed by atoms with Gasteiger partial charge in [-0.25, -0.2) is 4.79 Å². The van der Waals surface area contributed by atoms with Crippen LogP contribution in [-0.4, -0.2) is 28.9 Å². The highest BCUT2D eigenvalue weighted by atomic mass is 16.5. The highest BCUT2D eigenvalue weighted by Gasteiger charge is 2.29. The average molecular weight is 450 g/mol. The highest BCUT2D eigenvalue weighted by molar-refractivity contribution is 6.13. The second kappa shape index (κ2) is 11.2. The fourth-order valence-electron chi connectivity index (χ4n) is 3.77. The van der Waals surface area contributed by atoms with Crippen LogP contribution >= 0.6 is 0 Å². The van der Waals surface area contributed by atoms with Gasteiger partial charge in [0.1, 0.15) is 0 Å². The first-order valence-corrected chi connectivity index (χ1v) is 11.3. The predicted octanol–water partition coefficient (Wildman–Crippen LogP) is 5.61. The van der Waals surface area contributed by atoms with Crippen molar-refractivity contribution >= 4 is 11.7 Å². The second-order valence-electron chi connectivity index (χ2n) is 8.03. The molecule has 1 N–H and O–H groups in total. The van der Waals surface area contributed by atoms with Crippen molar-refractivity contribution < 1.29 is 14.6 Å². The molecule has 0 aliphatic carbocycles. The number of ether oxygens (including phenoxy) is 1. The number of benzene rings is 4. The van der Waals surface area contributed by atoms with Crippen molar-refractivity contribution in [1.29, 1.82) is 0 Å². The summed E-state index contributed by atoms with van der Waals surface area (Å²) in [5.41, 5.74) is 4.04. The Hall–Kier alpha value is -4.02. The van der Waals surface area contributed by atoms with Gasteiger partial charge in [-0.15, -0.1) is 0 Å². The van der Waals surface area contributed by atoms with Crippen LogP contribution in [0.4, 0.5) is 0 Å². The maximum absolute atomic E-state index is 13.5. The van der Waals surface area contributed by atoms with E-state index in [1.165, 1.54) is 0 Å². The van der Waals surface area contributed by atoms with E-state index in [1.54, 1.807) is 6.92 Å². The van der Waals surface area contributed by atoms with E-state index >= 15 is 0 Å². The van der Waals surface area contributed by atoms with E-state index in [4.69, 9.17) is 9.73 Å². The quantitative estimate of drug-likeness (QED) is 0.281. The van der Waals surface area contributed by atoms with E-state index in [1.807, 2.05) is 121 Å². The molecule has 0 heterocycles. The molecule has 34 heavy (non-hydrogen) atoms. The largest absolute Gasteiger partial charge is 0.451 e. The number of nitrogens with zero attached hydrogens (tertiary/aromatic N) is 1. The van der Waals surface area contributed by atoms with Gasteiger partial charge in [0.05, 0.1) is 11.8 Å². The minimum Gasteiger partial charge on any atom is -0.451 e. The van der Waals surface area contributed by atoms with Crippen molar-refractivity contribution in [1.82, 2.24) is 0 Å². The van der Waals surface area contributed by atoms with E-state index in [-0.39, 0.29) is 0 Å². The first-order chi connectivity index (χ1) is 16.6. The third kappa shape index (κ3) is 5.66. The number of carbonyl (C=O) groups excluding carboxylic acids is 1. The molecule has 4 rings (SSSR count). The molecule has 4 heteroatoms. The van der Waals surface area contributed by atoms with E-state index in [0.29, 0.717) is 5.71 Å². The number of aliphatic imine (C=N–C) groups is 1. The van der Waals surface area contributed by atoms with Gasteiger partial charge >= 0.3 is 5.97 Å². The lowest BCUT2D eigenvalue weighted by molar-refractivity contribution is -0.151. The fourth-order valence-corrected chi connectivity index (χ4v) is 3.77. The summed E-state index contributed by atoms with van der Waals surface area (Å²) in [5.74, 6) is -0.586. The summed E-state index contributed by atoms with van der Waals surface area (Å²) in [6.45, 7) is 1.56. The van der Waals surface area contributed by atoms with E-state index in [9.17, 15) is 9.90 Å². The molecule has 0 spiro atoms. The van der Waals surface area contributed by atoms with Gasteiger partial charge in [0.15, 0.2) is 12.1 Å². The minimum atomic E-state index is -1.09. The van der Waals surface area contributed by atoms with E-state index in [2.05, 4.69) is 0 Å². The summed E-state index contributed by atoms with van der Waals surface area (Å²) in [6.07, 6.45) is -1.65. The summed E-state index contributed by atoms with van der Waals surface area (Å²) in [6, 6.07) is 37.4. The summed E-state index contributed by atoms with van der Waals surface area (Å²) >= 11 is 0. The summed E-state index contributed by atoms with van der Waals surface area (Å²) in [7, 11) is 0. The van der Waals surface area contributed by atoms with Crippen LogP contribution in [0, 0.1) is 0 Å². The normalized spacial score (nSPS) is 12.6. The monoisotopic (exact) mass is 449 g/mol. The predicted molar refractivity (Wildman–Crippen MR) is 135 cm³/mol. The zero-order valence-electron chi connectivity index (χ0n) is 19.0. The van der Waals surface area contributed by atoms with Gasteiger partial charge in [-0.3, -0.25) is 4.99 Å². The Kier molecular flexibility index (Phi) is 7.63. The lowest BCUT2D eigenvalue weighted by Gasteiger charge is -2.23. The molecule has 0 saturated carbocycles. The van der Waals surface area contributed by atoms with Gasteiger partial charge in [-0.1, -0.05) is 121 Å². The van der Waals surface area contributed by atoms with Gasteiger partial charge in [0, 0.05) is 11.1 Å². The van der Waals surface area contributed by atoms with Crippen LogP contribution in [0.25, 0.3) is 0 Å². The van der Waals surface area contributed by atoms with Crippen LogP contribution in [0.15, 0.2) is 126 Å². The van der Waals surface area contributed by atoms with Crippen LogP contribution in [0.1, 0.15) is 35.3 Å². The van der Waals surface area contributed by atoms with Crippen LogP contribution in [0.2, 0.25) is 0 Å². The Labute approximate surface area is 200 Å². The standard InChI is InChI=1S/C30H27NO3/c1-22(32)27(31-28(23-14-6-2-7-15-23)24-16-8-3-9-17-24)30(33)34-29(25-18-10-4-11-19-25)26-20-12-5-13-21-26/h2-22,27,29,32H,1H3/t22-,27+/m0/s1. The molecule has 170 valence electrons. The topological polar surface area (TPSA) is 58.9 Å². The average Bonchev–Trinajstić information content (AvgIpc) is 2.89. The van der Waals surface area contributed by atoms with E-state index < -0.39 is 24.2 Å².